The molecular formula is C20H23ClN2O3S2. The first-order valence-electron chi connectivity index (χ1n) is 9.18. The summed E-state index contributed by atoms with van der Waals surface area (Å²) >= 11 is 7.44. The van der Waals surface area contributed by atoms with E-state index in [-0.39, 0.29) is 11.2 Å². The second kappa shape index (κ2) is 9.31. The Labute approximate surface area is 175 Å². The Morgan fingerprint density at radius 1 is 1.04 bits per heavy atom. The monoisotopic (exact) mass is 438 g/mol. The van der Waals surface area contributed by atoms with Crippen molar-refractivity contribution in [1.82, 2.24) is 9.21 Å². The molecule has 1 aliphatic rings. The van der Waals surface area contributed by atoms with Gasteiger partial charge in [0.1, 0.15) is 0 Å². The van der Waals surface area contributed by atoms with Gasteiger partial charge in [-0.05, 0) is 42.8 Å². The molecule has 1 saturated heterocycles. The number of hydrogen-bond donors (Lipinski definition) is 0. The molecule has 0 aromatic heterocycles. The van der Waals surface area contributed by atoms with E-state index in [0.717, 1.165) is 4.90 Å². The Bertz CT molecular complexity index is 897. The number of amides is 1. The van der Waals surface area contributed by atoms with Crippen molar-refractivity contribution in [3.05, 3.63) is 59.6 Å². The quantitative estimate of drug-likeness (QED) is 0.644. The van der Waals surface area contributed by atoms with Crippen LogP contribution in [0, 0.1) is 0 Å². The first-order valence-corrected chi connectivity index (χ1v) is 11.9. The van der Waals surface area contributed by atoms with E-state index in [4.69, 9.17) is 11.6 Å². The van der Waals surface area contributed by atoms with Gasteiger partial charge in [0.05, 0.1) is 10.1 Å². The molecule has 150 valence electrons. The number of nitrogens with zero attached hydrogens (tertiary/aromatic N) is 2. The van der Waals surface area contributed by atoms with E-state index < -0.39 is 10.0 Å². The highest BCUT2D eigenvalue weighted by molar-refractivity contribution is 8.00. The highest BCUT2D eigenvalue weighted by Crippen LogP contribution is 2.28. The number of sulfonamides is 1. The average molecular weight is 439 g/mol. The Morgan fingerprint density at radius 3 is 2.21 bits per heavy atom. The summed E-state index contributed by atoms with van der Waals surface area (Å²) in [5.74, 6) is 0.0548. The summed E-state index contributed by atoms with van der Waals surface area (Å²) in [6.07, 6.45) is 0.703. The van der Waals surface area contributed by atoms with Crippen molar-refractivity contribution in [2.75, 3.05) is 26.2 Å². The Balaban J connectivity index is 1.61. The molecule has 1 atom stereocenters. The molecule has 0 spiro atoms. The maximum atomic E-state index is 12.9. The van der Waals surface area contributed by atoms with Gasteiger partial charge in [0.2, 0.25) is 15.9 Å². The van der Waals surface area contributed by atoms with Crippen LogP contribution < -0.4 is 0 Å². The SMILES string of the molecule is CC[C@@H](Sc1ccc(Cl)cc1)C(=O)N1CCN(S(=O)(=O)c2ccccc2)CC1. The lowest BCUT2D eigenvalue weighted by Gasteiger charge is -2.35. The number of thioether (sulfide) groups is 1. The molecule has 1 amide bonds. The number of rotatable bonds is 6. The van der Waals surface area contributed by atoms with Crippen molar-refractivity contribution in [3.63, 3.8) is 0 Å². The van der Waals surface area contributed by atoms with Gasteiger partial charge in [-0.1, -0.05) is 36.7 Å². The van der Waals surface area contributed by atoms with Crippen LogP contribution in [0.15, 0.2) is 64.4 Å². The van der Waals surface area contributed by atoms with Gasteiger partial charge in [0.15, 0.2) is 0 Å². The Morgan fingerprint density at radius 2 is 1.64 bits per heavy atom. The minimum atomic E-state index is -3.51. The molecule has 0 radical (unpaired) electrons. The molecule has 0 aliphatic carbocycles. The Kier molecular flexibility index (Phi) is 7.04. The average Bonchev–Trinajstić information content (AvgIpc) is 2.73. The third-order valence-corrected chi connectivity index (χ3v) is 8.20. The smallest absolute Gasteiger partial charge is 0.243 e. The van der Waals surface area contributed by atoms with Crippen LogP contribution in [-0.2, 0) is 14.8 Å². The molecule has 2 aromatic rings. The fourth-order valence-electron chi connectivity index (χ4n) is 3.08. The molecule has 0 N–H and O–H groups in total. The predicted molar refractivity (Wildman–Crippen MR) is 113 cm³/mol. The lowest BCUT2D eigenvalue weighted by Crippen LogP contribution is -2.52. The number of halogens is 1. The summed E-state index contributed by atoms with van der Waals surface area (Å²) in [5.41, 5.74) is 0. The predicted octanol–water partition coefficient (Wildman–Crippen LogP) is 3.74. The van der Waals surface area contributed by atoms with Gasteiger partial charge in [0.25, 0.3) is 0 Å². The maximum absolute atomic E-state index is 12.9. The number of hydrogen-bond acceptors (Lipinski definition) is 4. The van der Waals surface area contributed by atoms with Crippen molar-refractivity contribution in [3.8, 4) is 0 Å². The summed E-state index contributed by atoms with van der Waals surface area (Å²) in [4.78, 5) is 16.0. The van der Waals surface area contributed by atoms with Gasteiger partial charge < -0.3 is 4.90 Å². The van der Waals surface area contributed by atoms with E-state index in [9.17, 15) is 13.2 Å². The molecule has 0 bridgehead atoms. The number of carbonyl (C=O) groups is 1. The molecule has 1 aliphatic heterocycles. The second-order valence-corrected chi connectivity index (χ2v) is 10.2. The van der Waals surface area contributed by atoms with Gasteiger partial charge in [-0.25, -0.2) is 8.42 Å². The summed E-state index contributed by atoms with van der Waals surface area (Å²) in [7, 11) is -3.51. The Hall–Kier alpha value is -1.54. The van der Waals surface area contributed by atoms with E-state index in [1.165, 1.54) is 16.1 Å². The van der Waals surface area contributed by atoms with Gasteiger partial charge in [-0.3, -0.25) is 4.79 Å². The minimum Gasteiger partial charge on any atom is -0.339 e. The van der Waals surface area contributed by atoms with Gasteiger partial charge in [-0.2, -0.15) is 4.31 Å². The van der Waals surface area contributed by atoms with Gasteiger partial charge in [-0.15, -0.1) is 11.8 Å². The fourth-order valence-corrected chi connectivity index (χ4v) is 5.69. The molecule has 0 saturated carbocycles. The highest BCUT2D eigenvalue weighted by Gasteiger charge is 2.32. The van der Waals surface area contributed by atoms with E-state index >= 15 is 0 Å². The van der Waals surface area contributed by atoms with Crippen LogP contribution in [0.5, 0.6) is 0 Å². The zero-order chi connectivity index (χ0) is 20.1. The molecule has 1 heterocycles. The molecule has 2 aromatic carbocycles. The standard InChI is InChI=1S/C20H23ClN2O3S2/c1-2-19(27-17-10-8-16(21)9-11-17)20(24)22-12-14-23(15-13-22)28(25,26)18-6-4-3-5-7-18/h3-11,19H,2,12-15H2,1H3/t19-/m1/s1. The van der Waals surface area contributed by atoms with E-state index in [1.807, 2.05) is 31.2 Å². The number of carbonyl (C=O) groups excluding carboxylic acids is 1. The zero-order valence-electron chi connectivity index (χ0n) is 15.6. The first-order chi connectivity index (χ1) is 13.4. The largest absolute Gasteiger partial charge is 0.339 e. The normalized spacial score (nSPS) is 16.7. The van der Waals surface area contributed by atoms with Crippen molar-refractivity contribution in [2.45, 2.75) is 28.4 Å². The molecule has 5 nitrogen and oxygen atoms in total. The maximum Gasteiger partial charge on any atom is 0.243 e. The fraction of sp³-hybridized carbons (Fsp3) is 0.350. The molecule has 3 rings (SSSR count). The lowest BCUT2D eigenvalue weighted by atomic mass is 10.2. The molecule has 0 unspecified atom stereocenters. The highest BCUT2D eigenvalue weighted by atomic mass is 35.5. The van der Waals surface area contributed by atoms with Gasteiger partial charge in [0, 0.05) is 36.1 Å². The van der Waals surface area contributed by atoms with Crippen LogP contribution in [0.4, 0.5) is 0 Å². The van der Waals surface area contributed by atoms with Crippen LogP contribution in [-0.4, -0.2) is 55.0 Å². The van der Waals surface area contributed by atoms with E-state index in [0.29, 0.717) is 42.5 Å². The van der Waals surface area contributed by atoms with Gasteiger partial charge >= 0.3 is 0 Å². The topological polar surface area (TPSA) is 57.7 Å². The minimum absolute atomic E-state index is 0.0548. The second-order valence-electron chi connectivity index (χ2n) is 6.51. The van der Waals surface area contributed by atoms with E-state index in [2.05, 4.69) is 0 Å². The molecular weight excluding hydrogens is 416 g/mol. The summed E-state index contributed by atoms with van der Waals surface area (Å²) in [6, 6.07) is 15.9. The lowest BCUT2D eigenvalue weighted by molar-refractivity contribution is -0.131. The van der Waals surface area contributed by atoms with Crippen LogP contribution in [0.25, 0.3) is 0 Å². The molecule has 28 heavy (non-hydrogen) atoms. The first kappa shape index (κ1) is 21.2. The summed E-state index contributed by atoms with van der Waals surface area (Å²) in [6.45, 7) is 3.42. The summed E-state index contributed by atoms with van der Waals surface area (Å²) < 4.78 is 26.9. The van der Waals surface area contributed by atoms with Crippen LogP contribution >= 0.6 is 23.4 Å². The van der Waals surface area contributed by atoms with Crippen LogP contribution in [0.2, 0.25) is 5.02 Å². The van der Waals surface area contributed by atoms with E-state index in [1.54, 1.807) is 35.2 Å². The van der Waals surface area contributed by atoms with Crippen molar-refractivity contribution in [1.29, 1.82) is 0 Å². The number of piperazine rings is 1. The molecule has 1 fully saturated rings. The van der Waals surface area contributed by atoms with Crippen LogP contribution in [0.3, 0.4) is 0 Å². The number of benzene rings is 2. The van der Waals surface area contributed by atoms with Crippen molar-refractivity contribution in [2.24, 2.45) is 0 Å². The third-order valence-electron chi connectivity index (χ3n) is 4.67. The third kappa shape index (κ3) is 4.89. The van der Waals surface area contributed by atoms with Crippen molar-refractivity contribution >= 4 is 39.3 Å². The molecule has 8 heteroatoms. The summed E-state index contributed by atoms with van der Waals surface area (Å²) in [5, 5.41) is 0.470. The van der Waals surface area contributed by atoms with Crippen molar-refractivity contribution < 1.29 is 13.2 Å². The zero-order valence-corrected chi connectivity index (χ0v) is 18.0. The van der Waals surface area contributed by atoms with Crippen LogP contribution in [0.1, 0.15) is 13.3 Å².